The monoisotopic (exact) mass is 263 g/mol. The predicted molar refractivity (Wildman–Crippen MR) is 87.4 cm³/mol. The summed E-state index contributed by atoms with van der Waals surface area (Å²) >= 11 is 0. The second-order valence-corrected chi connectivity index (χ2v) is 5.45. The van der Waals surface area contributed by atoms with Crippen LogP contribution in [0.25, 0.3) is 0 Å². The first-order valence-corrected chi connectivity index (χ1v) is 8.21. The Balaban J connectivity index is 0. The van der Waals surface area contributed by atoms with Gasteiger partial charge in [0.15, 0.2) is 0 Å². The molecule has 0 bridgehead atoms. The van der Waals surface area contributed by atoms with Crippen molar-refractivity contribution in [2.75, 3.05) is 0 Å². The zero-order valence-corrected chi connectivity index (χ0v) is 12.3. The minimum absolute atomic E-state index is 0. The van der Waals surface area contributed by atoms with Crippen LogP contribution >= 0.6 is 0 Å². The molecule has 0 aliphatic heterocycles. The van der Waals surface area contributed by atoms with Crippen molar-refractivity contribution in [3.8, 4) is 0 Å². The molecule has 0 saturated carbocycles. The van der Waals surface area contributed by atoms with Crippen LogP contribution in [-0.4, -0.2) is 29.6 Å². The van der Waals surface area contributed by atoms with E-state index in [1.807, 2.05) is 0 Å². The molecule has 0 fully saturated rings. The van der Waals surface area contributed by atoms with Gasteiger partial charge in [0.1, 0.15) is 0 Å². The minimum atomic E-state index is 0. The average Bonchev–Trinajstić information content (AvgIpc) is 2.35. The number of hydrogen-bond donors (Lipinski definition) is 0. The molecule has 0 spiro atoms. The Morgan fingerprint density at radius 2 is 0.778 bits per heavy atom. The van der Waals surface area contributed by atoms with Gasteiger partial charge < -0.3 is 0 Å². The molecule has 0 aromatic carbocycles. The molecule has 0 heterocycles. The van der Waals surface area contributed by atoms with E-state index in [1.165, 1.54) is 89.9 Å². The fourth-order valence-corrected chi connectivity index (χ4v) is 2.37. The van der Waals surface area contributed by atoms with Crippen LogP contribution < -0.4 is 0 Å². The van der Waals surface area contributed by atoms with E-state index in [9.17, 15) is 0 Å². The molecule has 0 aromatic rings. The van der Waals surface area contributed by atoms with E-state index >= 15 is 0 Å². The van der Waals surface area contributed by atoms with Gasteiger partial charge in [0.05, 0.1) is 0 Å². The van der Waals surface area contributed by atoms with Crippen molar-refractivity contribution in [1.82, 2.24) is 0 Å². The topological polar surface area (TPSA) is 0 Å². The van der Waals surface area contributed by atoms with Crippen LogP contribution in [0.1, 0.15) is 103 Å². The number of unbranched alkanes of at least 4 members (excludes halogenated alkanes) is 14. The molecular weight excluding hydrogens is 227 g/mol. The normalized spacial score (nSPS) is 10.3. The van der Waals surface area contributed by atoms with Crippen LogP contribution in [0, 0.1) is 6.92 Å². The quantitative estimate of drug-likeness (QED) is 0.264. The molecule has 0 rings (SSSR count). The van der Waals surface area contributed by atoms with Crippen molar-refractivity contribution in [3.63, 3.8) is 0 Å². The van der Waals surface area contributed by atoms with Crippen molar-refractivity contribution in [3.05, 3.63) is 6.92 Å². The van der Waals surface area contributed by atoms with Crippen LogP contribution in [0.5, 0.6) is 0 Å². The Hall–Kier alpha value is 1.00. The third-order valence-electron chi connectivity index (χ3n) is 3.60. The summed E-state index contributed by atoms with van der Waals surface area (Å²) in [4.78, 5) is 0. The fourth-order valence-electron chi connectivity index (χ4n) is 2.37. The fraction of sp³-hybridized carbons (Fsp3) is 0.941. The Kier molecular flexibility index (Phi) is 24.0. The van der Waals surface area contributed by atoms with E-state index in [1.54, 1.807) is 0 Å². The van der Waals surface area contributed by atoms with E-state index in [-0.39, 0.29) is 29.6 Å². The van der Waals surface area contributed by atoms with Gasteiger partial charge in [0, 0.05) is 0 Å². The maximum absolute atomic E-state index is 3.88. The second-order valence-electron chi connectivity index (χ2n) is 5.45. The van der Waals surface area contributed by atoms with Crippen molar-refractivity contribution in [2.24, 2.45) is 0 Å². The first kappa shape index (κ1) is 21.3. The summed E-state index contributed by atoms with van der Waals surface area (Å²) in [5, 5.41) is 0. The molecule has 0 nitrogen and oxygen atoms in total. The summed E-state index contributed by atoms with van der Waals surface area (Å²) in [7, 11) is 0. The van der Waals surface area contributed by atoms with Crippen LogP contribution in [0.3, 0.4) is 0 Å². The van der Waals surface area contributed by atoms with E-state index < -0.39 is 0 Å². The van der Waals surface area contributed by atoms with Crippen LogP contribution in [0.15, 0.2) is 0 Å². The van der Waals surface area contributed by atoms with Gasteiger partial charge in [-0.25, -0.2) is 0 Å². The zero-order valence-electron chi connectivity index (χ0n) is 12.3. The molecule has 0 unspecified atom stereocenters. The Labute approximate surface area is 139 Å². The molecule has 0 aliphatic rings. The number of rotatable bonds is 14. The molecule has 0 atom stereocenters. The van der Waals surface area contributed by atoms with Gasteiger partial charge in [0.25, 0.3) is 0 Å². The summed E-state index contributed by atoms with van der Waals surface area (Å²) in [5.41, 5.74) is 0. The van der Waals surface area contributed by atoms with Crippen LogP contribution in [-0.2, 0) is 0 Å². The van der Waals surface area contributed by atoms with Gasteiger partial charge in [-0.3, -0.25) is 0 Å². The van der Waals surface area contributed by atoms with Crippen molar-refractivity contribution in [1.29, 1.82) is 0 Å². The number of hydrogen-bond acceptors (Lipinski definition) is 0. The first-order valence-electron chi connectivity index (χ1n) is 8.21. The van der Waals surface area contributed by atoms with Gasteiger partial charge in [-0.2, -0.15) is 0 Å². The second kappa shape index (κ2) is 20.3. The van der Waals surface area contributed by atoms with Crippen molar-refractivity contribution >= 4 is 29.6 Å². The van der Waals surface area contributed by atoms with Crippen molar-refractivity contribution in [2.45, 2.75) is 103 Å². The summed E-state index contributed by atoms with van der Waals surface area (Å²) in [6, 6.07) is 0. The van der Waals surface area contributed by atoms with Crippen molar-refractivity contribution < 1.29 is 0 Å². The Bertz CT molecular complexity index is 109. The zero-order chi connectivity index (χ0) is 12.6. The van der Waals surface area contributed by atoms with E-state index in [0.29, 0.717) is 0 Å². The average molecular weight is 263 g/mol. The molecular formula is C17H36Na. The van der Waals surface area contributed by atoms with Crippen LogP contribution in [0.4, 0.5) is 0 Å². The Morgan fingerprint density at radius 1 is 0.500 bits per heavy atom. The molecule has 1 heteroatoms. The van der Waals surface area contributed by atoms with Gasteiger partial charge in [-0.15, -0.1) is 0 Å². The third kappa shape index (κ3) is 19.3. The van der Waals surface area contributed by atoms with E-state index in [0.717, 1.165) is 6.42 Å². The van der Waals surface area contributed by atoms with Gasteiger partial charge in [0.2, 0.25) is 0 Å². The maximum atomic E-state index is 3.88. The molecule has 0 aliphatic carbocycles. The molecule has 0 saturated heterocycles. The van der Waals surface area contributed by atoms with Crippen LogP contribution in [0.2, 0.25) is 0 Å². The Morgan fingerprint density at radius 3 is 1.06 bits per heavy atom. The van der Waals surface area contributed by atoms with Gasteiger partial charge in [-0.05, 0) is 0 Å². The van der Waals surface area contributed by atoms with Gasteiger partial charge in [-0.1, -0.05) is 110 Å². The molecule has 1 radical (unpaired) electrons. The summed E-state index contributed by atoms with van der Waals surface area (Å²) in [5.74, 6) is 0. The standard InChI is InChI=1S/C17H35.Na.H/c1-3-5-7-9-11-13-15-17-16-14-12-10-8-6-4-2;;/h1,3-17H2,2H3;;. The molecule has 0 N–H and O–H groups in total. The molecule has 18 heavy (non-hydrogen) atoms. The third-order valence-corrected chi connectivity index (χ3v) is 3.60. The molecule has 0 aromatic heterocycles. The molecule has 105 valence electrons. The molecule has 0 amide bonds. The summed E-state index contributed by atoms with van der Waals surface area (Å²) in [6.45, 7) is 6.17. The SMILES string of the molecule is [CH2]CCCCCCCCCCCCCCCC.[NaH]. The first-order chi connectivity index (χ1) is 8.41. The van der Waals surface area contributed by atoms with E-state index in [2.05, 4.69) is 13.8 Å². The van der Waals surface area contributed by atoms with Gasteiger partial charge >= 0.3 is 29.6 Å². The predicted octanol–water partition coefficient (Wildman–Crippen LogP) is 6.04. The summed E-state index contributed by atoms with van der Waals surface area (Å²) < 4.78 is 0. The summed E-state index contributed by atoms with van der Waals surface area (Å²) in [6.07, 6.45) is 21.3. The van der Waals surface area contributed by atoms with E-state index in [4.69, 9.17) is 0 Å².